The van der Waals surface area contributed by atoms with Crippen LogP contribution < -0.4 is 0 Å². The molecule has 1 heterocycles. The van der Waals surface area contributed by atoms with E-state index in [1.807, 2.05) is 6.92 Å². The minimum atomic E-state index is -2.47. The highest BCUT2D eigenvalue weighted by atomic mass is 19.3. The maximum Gasteiger partial charge on any atom is 0.252 e. The molecule has 1 aliphatic heterocycles. The summed E-state index contributed by atoms with van der Waals surface area (Å²) >= 11 is 0. The number of alkyl halides is 2. The van der Waals surface area contributed by atoms with Gasteiger partial charge in [-0.25, -0.2) is 8.78 Å². The topological polar surface area (TPSA) is 9.23 Å². The smallest absolute Gasteiger partial charge is 0.252 e. The molecule has 0 unspecified atom stereocenters. The third-order valence-electron chi connectivity index (χ3n) is 1.80. The van der Waals surface area contributed by atoms with Gasteiger partial charge in [0.25, 0.3) is 5.92 Å². The fourth-order valence-corrected chi connectivity index (χ4v) is 1.13. The summed E-state index contributed by atoms with van der Waals surface area (Å²) in [4.78, 5) is 0. The normalized spacial score (nSPS) is 32.1. The molecule has 0 bridgehead atoms. The maximum absolute atomic E-state index is 12.6. The molecule has 0 aliphatic carbocycles. The zero-order valence-electron chi connectivity index (χ0n) is 6.07. The summed E-state index contributed by atoms with van der Waals surface area (Å²) in [6, 6.07) is 0. The Kier molecular flexibility index (Phi) is 2.24. The third-order valence-corrected chi connectivity index (χ3v) is 1.80. The Morgan fingerprint density at radius 2 is 2.30 bits per heavy atom. The van der Waals surface area contributed by atoms with Crippen LogP contribution >= 0.6 is 0 Å². The molecule has 1 atom stereocenters. The average Bonchev–Trinajstić information content (AvgIpc) is 1.86. The zero-order chi connectivity index (χ0) is 7.61. The van der Waals surface area contributed by atoms with E-state index >= 15 is 0 Å². The largest absolute Gasteiger partial charge is 0.378 e. The molecule has 3 heteroatoms. The molecule has 1 rings (SSSR count). The second-order valence-electron chi connectivity index (χ2n) is 2.71. The molecule has 0 amide bonds. The van der Waals surface area contributed by atoms with Gasteiger partial charge in [0.05, 0.1) is 12.7 Å². The fraction of sp³-hybridized carbons (Fsp3) is 1.00. The highest BCUT2D eigenvalue weighted by molar-refractivity contribution is 4.75. The molecule has 1 aliphatic rings. The first-order valence-corrected chi connectivity index (χ1v) is 3.63. The Hall–Kier alpha value is -0.180. The van der Waals surface area contributed by atoms with Crippen LogP contribution in [0.5, 0.6) is 0 Å². The predicted octanol–water partition coefficient (Wildman–Crippen LogP) is 2.21. The van der Waals surface area contributed by atoms with Crippen molar-refractivity contribution in [3.63, 3.8) is 0 Å². The summed E-state index contributed by atoms with van der Waals surface area (Å²) in [6.45, 7) is 2.08. The van der Waals surface area contributed by atoms with E-state index in [0.29, 0.717) is 6.42 Å². The van der Waals surface area contributed by atoms with Gasteiger partial charge in [-0.2, -0.15) is 0 Å². The molecule has 1 saturated heterocycles. The summed E-state index contributed by atoms with van der Waals surface area (Å²) in [6.07, 6.45) is 0.270. The summed E-state index contributed by atoms with van der Waals surface area (Å²) < 4.78 is 30.2. The first kappa shape index (κ1) is 7.92. The van der Waals surface area contributed by atoms with Gasteiger partial charge in [0.2, 0.25) is 0 Å². The molecule has 0 saturated carbocycles. The monoisotopic (exact) mass is 150 g/mol. The average molecular weight is 150 g/mol. The molecule has 0 spiro atoms. The number of hydrogen-bond acceptors (Lipinski definition) is 1. The lowest BCUT2D eigenvalue weighted by atomic mass is 10.0. The van der Waals surface area contributed by atoms with Crippen molar-refractivity contribution in [2.24, 2.45) is 0 Å². The molecule has 60 valence electrons. The van der Waals surface area contributed by atoms with Crippen LogP contribution in [0.2, 0.25) is 0 Å². The number of halogens is 2. The molecule has 0 N–H and O–H groups in total. The van der Waals surface area contributed by atoms with Crippen LogP contribution in [0.15, 0.2) is 0 Å². The van der Waals surface area contributed by atoms with E-state index in [9.17, 15) is 8.78 Å². The van der Waals surface area contributed by atoms with E-state index in [4.69, 9.17) is 4.74 Å². The van der Waals surface area contributed by atoms with Crippen LogP contribution in [-0.2, 0) is 4.74 Å². The van der Waals surface area contributed by atoms with Crippen molar-refractivity contribution in [2.45, 2.75) is 38.2 Å². The van der Waals surface area contributed by atoms with Gasteiger partial charge in [0.15, 0.2) is 0 Å². The Morgan fingerprint density at radius 1 is 1.60 bits per heavy atom. The Balaban J connectivity index is 2.40. The van der Waals surface area contributed by atoms with E-state index in [1.54, 1.807) is 0 Å². The Labute approximate surface area is 59.4 Å². The number of hydrogen-bond donors (Lipinski definition) is 0. The van der Waals surface area contributed by atoms with Gasteiger partial charge in [0.1, 0.15) is 0 Å². The Bertz CT molecular complexity index is 114. The van der Waals surface area contributed by atoms with Crippen LogP contribution in [0, 0.1) is 0 Å². The lowest BCUT2D eigenvalue weighted by Gasteiger charge is -2.28. The summed E-state index contributed by atoms with van der Waals surface area (Å²) in [7, 11) is 0. The molecular weight excluding hydrogens is 138 g/mol. The molecule has 1 fully saturated rings. The minimum Gasteiger partial charge on any atom is -0.378 e. The third kappa shape index (κ3) is 1.90. The van der Waals surface area contributed by atoms with Crippen LogP contribution in [0.1, 0.15) is 26.2 Å². The summed E-state index contributed by atoms with van der Waals surface area (Å²) in [5.41, 5.74) is 0. The highest BCUT2D eigenvalue weighted by Gasteiger charge is 2.35. The highest BCUT2D eigenvalue weighted by Crippen LogP contribution is 2.30. The first-order chi connectivity index (χ1) is 4.64. The molecule has 0 aromatic carbocycles. The van der Waals surface area contributed by atoms with Gasteiger partial charge in [0, 0.05) is 12.8 Å². The van der Waals surface area contributed by atoms with Crippen molar-refractivity contribution in [1.82, 2.24) is 0 Å². The van der Waals surface area contributed by atoms with Gasteiger partial charge in [-0.15, -0.1) is 0 Å². The molecule has 1 nitrogen and oxygen atoms in total. The fourth-order valence-electron chi connectivity index (χ4n) is 1.13. The van der Waals surface area contributed by atoms with Crippen molar-refractivity contribution in [2.75, 3.05) is 6.61 Å². The van der Waals surface area contributed by atoms with Crippen LogP contribution in [-0.4, -0.2) is 18.6 Å². The number of ether oxygens (including phenoxy) is 1. The zero-order valence-corrected chi connectivity index (χ0v) is 6.07. The maximum atomic E-state index is 12.6. The predicted molar refractivity (Wildman–Crippen MR) is 34.2 cm³/mol. The van der Waals surface area contributed by atoms with Crippen molar-refractivity contribution in [3.8, 4) is 0 Å². The van der Waals surface area contributed by atoms with E-state index in [0.717, 1.165) is 0 Å². The second-order valence-corrected chi connectivity index (χ2v) is 2.71. The lowest BCUT2D eigenvalue weighted by molar-refractivity contribution is -0.127. The molecular formula is C7H12F2O. The van der Waals surface area contributed by atoms with Gasteiger partial charge < -0.3 is 4.74 Å². The molecule has 0 aromatic rings. The van der Waals surface area contributed by atoms with Crippen LogP contribution in [0.4, 0.5) is 8.78 Å². The standard InChI is InChI=1S/C7H12F2O/c1-2-6-5-7(8,9)3-4-10-6/h6H,2-5H2,1H3/t6-/m1/s1. The van der Waals surface area contributed by atoms with E-state index < -0.39 is 5.92 Å². The van der Waals surface area contributed by atoms with Crippen molar-refractivity contribution in [3.05, 3.63) is 0 Å². The van der Waals surface area contributed by atoms with Gasteiger partial charge in [-0.3, -0.25) is 0 Å². The van der Waals surface area contributed by atoms with Crippen molar-refractivity contribution >= 4 is 0 Å². The SMILES string of the molecule is CC[C@@H]1CC(F)(F)CCO1. The first-order valence-electron chi connectivity index (χ1n) is 3.63. The summed E-state index contributed by atoms with van der Waals surface area (Å²) in [5.74, 6) is -2.47. The molecule has 0 radical (unpaired) electrons. The van der Waals surface area contributed by atoms with E-state index in [1.165, 1.54) is 0 Å². The van der Waals surface area contributed by atoms with Gasteiger partial charge in [-0.1, -0.05) is 6.92 Å². The molecule has 0 aromatic heterocycles. The quantitative estimate of drug-likeness (QED) is 0.556. The van der Waals surface area contributed by atoms with E-state index in [2.05, 4.69) is 0 Å². The van der Waals surface area contributed by atoms with Crippen molar-refractivity contribution < 1.29 is 13.5 Å². The lowest BCUT2D eigenvalue weighted by Crippen LogP contribution is -2.33. The van der Waals surface area contributed by atoms with Crippen LogP contribution in [0.25, 0.3) is 0 Å². The van der Waals surface area contributed by atoms with Crippen molar-refractivity contribution in [1.29, 1.82) is 0 Å². The van der Waals surface area contributed by atoms with E-state index in [-0.39, 0.29) is 25.6 Å². The van der Waals surface area contributed by atoms with Crippen LogP contribution in [0.3, 0.4) is 0 Å². The summed E-state index contributed by atoms with van der Waals surface area (Å²) in [5, 5.41) is 0. The Morgan fingerprint density at radius 3 is 2.70 bits per heavy atom. The van der Waals surface area contributed by atoms with Gasteiger partial charge >= 0.3 is 0 Å². The second kappa shape index (κ2) is 2.82. The molecule has 10 heavy (non-hydrogen) atoms. The van der Waals surface area contributed by atoms with Gasteiger partial charge in [-0.05, 0) is 6.42 Å². The number of rotatable bonds is 1. The minimum absolute atomic E-state index is 0.0938.